The lowest BCUT2D eigenvalue weighted by Gasteiger charge is -2.34. The molecular formula is C32H26F5N7O3. The number of halogens is 5. The first-order valence-electron chi connectivity index (χ1n) is 14.2. The van der Waals surface area contributed by atoms with E-state index in [-0.39, 0.29) is 36.0 Å². The number of alkyl halides is 4. The minimum atomic E-state index is -4.63. The van der Waals surface area contributed by atoms with E-state index in [1.165, 1.54) is 51.9 Å². The lowest BCUT2D eigenvalue weighted by atomic mass is 10.1. The average molecular weight is 652 g/mol. The number of hydrogen-bond donors (Lipinski definition) is 3. The molecule has 4 N–H and O–H groups in total. The van der Waals surface area contributed by atoms with Crippen molar-refractivity contribution in [2.24, 2.45) is 5.73 Å². The van der Waals surface area contributed by atoms with Crippen LogP contribution in [0.5, 0.6) is 5.75 Å². The fraction of sp³-hybridized carbons (Fsp3) is 0.188. The number of rotatable bonds is 9. The molecule has 10 nitrogen and oxygen atoms in total. The molecule has 15 heteroatoms. The Bertz CT molecular complexity index is 1920. The third kappa shape index (κ3) is 7.30. The number of pyridine rings is 1. The topological polar surface area (TPSA) is 127 Å². The number of anilines is 3. The summed E-state index contributed by atoms with van der Waals surface area (Å²) in [6.07, 6.45) is -4.07. The highest BCUT2D eigenvalue weighted by atomic mass is 19.4. The van der Waals surface area contributed by atoms with Gasteiger partial charge in [-0.15, -0.1) is 5.10 Å². The van der Waals surface area contributed by atoms with E-state index in [1.807, 2.05) is 0 Å². The Labute approximate surface area is 264 Å². The maximum absolute atomic E-state index is 13.2. The second-order valence-electron chi connectivity index (χ2n) is 10.8. The summed E-state index contributed by atoms with van der Waals surface area (Å²) >= 11 is 0. The Hall–Kier alpha value is -5.57. The van der Waals surface area contributed by atoms with Crippen molar-refractivity contribution in [2.45, 2.75) is 18.4 Å². The van der Waals surface area contributed by atoms with Crippen molar-refractivity contribution in [2.75, 3.05) is 30.3 Å². The number of nitrogens with zero attached hydrogens (tertiary/aromatic N) is 4. The van der Waals surface area contributed by atoms with E-state index in [9.17, 15) is 31.5 Å². The van der Waals surface area contributed by atoms with Crippen LogP contribution in [-0.4, -0.2) is 63.4 Å². The number of benzene rings is 3. The van der Waals surface area contributed by atoms with Crippen LogP contribution in [0.3, 0.4) is 0 Å². The molecule has 47 heavy (non-hydrogen) atoms. The maximum atomic E-state index is 13.2. The van der Waals surface area contributed by atoms with Gasteiger partial charge in [0.25, 0.3) is 5.91 Å². The molecule has 1 saturated heterocycles. The first kappa shape index (κ1) is 31.4. The number of nitrogens with one attached hydrogen (secondary N) is 2. The highest BCUT2D eigenvalue weighted by Gasteiger charge is 2.32. The second kappa shape index (κ2) is 12.7. The molecule has 1 aliphatic rings. The van der Waals surface area contributed by atoms with Crippen molar-refractivity contribution >= 4 is 34.8 Å². The second-order valence-corrected chi connectivity index (χ2v) is 10.8. The monoisotopic (exact) mass is 651 g/mol. The molecule has 3 aromatic carbocycles. The van der Waals surface area contributed by atoms with E-state index in [2.05, 4.69) is 20.7 Å². The van der Waals surface area contributed by atoms with Gasteiger partial charge in [-0.1, -0.05) is 24.3 Å². The third-order valence-corrected chi connectivity index (χ3v) is 7.32. The van der Waals surface area contributed by atoms with Crippen molar-refractivity contribution in [1.82, 2.24) is 19.5 Å². The van der Waals surface area contributed by atoms with E-state index in [4.69, 9.17) is 10.5 Å². The number of hydrogen-bond acceptors (Lipinski definition) is 7. The van der Waals surface area contributed by atoms with Gasteiger partial charge in [0, 0.05) is 23.0 Å². The summed E-state index contributed by atoms with van der Waals surface area (Å²) in [6.45, 7) is -1.76. The Kier molecular flexibility index (Phi) is 8.47. The first-order chi connectivity index (χ1) is 22.4. The van der Waals surface area contributed by atoms with E-state index in [0.717, 1.165) is 11.1 Å². The van der Waals surface area contributed by atoms with E-state index in [0.29, 0.717) is 16.9 Å². The molecule has 0 radical (unpaired) electrons. The third-order valence-electron chi connectivity index (χ3n) is 7.32. The summed E-state index contributed by atoms with van der Waals surface area (Å²) in [6, 6.07) is 18.7. The van der Waals surface area contributed by atoms with Crippen LogP contribution in [0.15, 0.2) is 85.1 Å². The number of nitrogens with two attached hydrogens (primary N) is 1. The maximum Gasteiger partial charge on any atom is 0.422 e. The van der Waals surface area contributed by atoms with Crippen LogP contribution in [0.4, 0.5) is 39.3 Å². The van der Waals surface area contributed by atoms with Gasteiger partial charge in [-0.05, 0) is 65.7 Å². The molecule has 0 spiro atoms. The molecule has 242 valence electrons. The van der Waals surface area contributed by atoms with E-state index >= 15 is 0 Å². The minimum absolute atomic E-state index is 0.0496. The largest absolute Gasteiger partial charge is 0.482 e. The number of amides is 2. The molecule has 1 fully saturated rings. The Morgan fingerprint density at radius 1 is 0.979 bits per heavy atom. The molecule has 6 rings (SSSR count). The Balaban J connectivity index is 1.16. The minimum Gasteiger partial charge on any atom is -0.482 e. The van der Waals surface area contributed by atoms with Crippen LogP contribution in [-0.2, 0) is 4.79 Å². The standard InChI is InChI=1S/C32H26F5N7O3/c33-22-7-1-19(2-8-22)28(38)29(45)39-24-9-3-18(4-10-24)21-6-12-27-41-31(42-44(27)14-21)40-25-11-5-20(30(46)43-15-23(34)16-43)13-26(25)47-17-32(35,36)37/h1-14,23,28H,15-17,38H2,(H,39,45)(H,40,42)/t28-/m1/s1. The molecule has 5 aromatic rings. The summed E-state index contributed by atoms with van der Waals surface area (Å²) in [5, 5.41) is 9.96. The summed E-state index contributed by atoms with van der Waals surface area (Å²) < 4.78 is 71.8. The first-order valence-corrected chi connectivity index (χ1v) is 14.2. The van der Waals surface area contributed by atoms with Crippen LogP contribution in [0.25, 0.3) is 16.8 Å². The fourth-order valence-electron chi connectivity index (χ4n) is 4.83. The molecule has 1 aliphatic heterocycles. The molecule has 0 bridgehead atoms. The van der Waals surface area contributed by atoms with Crippen molar-refractivity contribution < 1.29 is 36.3 Å². The SMILES string of the molecule is N[C@@H](C(=O)Nc1ccc(-c2ccc3nc(Nc4ccc(C(=O)N5CC(F)C5)cc4OCC(F)(F)F)nn3c2)cc1)c1ccc(F)cc1. The fourth-order valence-corrected chi connectivity index (χ4v) is 4.83. The number of carbonyl (C=O) groups is 2. The zero-order chi connectivity index (χ0) is 33.3. The highest BCUT2D eigenvalue weighted by Crippen LogP contribution is 2.32. The van der Waals surface area contributed by atoms with Crippen LogP contribution < -0.4 is 21.1 Å². The van der Waals surface area contributed by atoms with Gasteiger partial charge >= 0.3 is 6.18 Å². The number of ether oxygens (including phenoxy) is 1. The number of carbonyl (C=O) groups excluding carboxylic acids is 2. The number of likely N-dealkylation sites (tertiary alicyclic amines) is 1. The van der Waals surface area contributed by atoms with Gasteiger partial charge < -0.3 is 26.0 Å². The van der Waals surface area contributed by atoms with Crippen molar-refractivity contribution in [3.05, 3.63) is 102 Å². The molecule has 2 aromatic heterocycles. The summed E-state index contributed by atoms with van der Waals surface area (Å²) in [4.78, 5) is 30.8. The normalized spacial score (nSPS) is 14.0. The molecule has 3 heterocycles. The average Bonchev–Trinajstić information content (AvgIpc) is 3.44. The van der Waals surface area contributed by atoms with Gasteiger partial charge in [0.1, 0.15) is 23.8 Å². The molecule has 0 unspecified atom stereocenters. The number of aromatic nitrogens is 3. The zero-order valence-electron chi connectivity index (χ0n) is 24.3. The highest BCUT2D eigenvalue weighted by molar-refractivity contribution is 5.96. The van der Waals surface area contributed by atoms with Crippen LogP contribution in [0.1, 0.15) is 22.0 Å². The quantitative estimate of drug-likeness (QED) is 0.176. The van der Waals surface area contributed by atoms with Crippen LogP contribution >= 0.6 is 0 Å². The lowest BCUT2D eigenvalue weighted by Crippen LogP contribution is -2.51. The molecule has 0 saturated carbocycles. The van der Waals surface area contributed by atoms with E-state index < -0.39 is 42.6 Å². The summed E-state index contributed by atoms with van der Waals surface area (Å²) in [5.74, 6) is -1.62. The van der Waals surface area contributed by atoms with Crippen LogP contribution in [0, 0.1) is 5.82 Å². The van der Waals surface area contributed by atoms with Crippen molar-refractivity contribution in [3.8, 4) is 16.9 Å². The van der Waals surface area contributed by atoms with Gasteiger partial charge in [-0.25, -0.2) is 13.3 Å². The summed E-state index contributed by atoms with van der Waals surface area (Å²) in [7, 11) is 0. The van der Waals surface area contributed by atoms with E-state index in [1.54, 1.807) is 42.6 Å². The smallest absolute Gasteiger partial charge is 0.422 e. The van der Waals surface area contributed by atoms with Crippen LogP contribution in [0.2, 0.25) is 0 Å². The predicted molar refractivity (Wildman–Crippen MR) is 162 cm³/mol. The molecule has 1 atom stereocenters. The van der Waals surface area contributed by atoms with Gasteiger partial charge in [0.05, 0.1) is 18.8 Å². The summed E-state index contributed by atoms with van der Waals surface area (Å²) in [5.41, 5.74) is 9.06. The molecular weight excluding hydrogens is 625 g/mol. The molecule has 2 amide bonds. The lowest BCUT2D eigenvalue weighted by molar-refractivity contribution is -0.153. The van der Waals surface area contributed by atoms with Crippen molar-refractivity contribution in [3.63, 3.8) is 0 Å². The molecule has 0 aliphatic carbocycles. The number of fused-ring (bicyclic) bond motifs is 1. The van der Waals surface area contributed by atoms with Gasteiger partial charge in [-0.2, -0.15) is 18.2 Å². The van der Waals surface area contributed by atoms with Gasteiger partial charge in [0.15, 0.2) is 12.3 Å². The Morgan fingerprint density at radius 2 is 1.68 bits per heavy atom. The van der Waals surface area contributed by atoms with Gasteiger partial charge in [0.2, 0.25) is 11.9 Å². The van der Waals surface area contributed by atoms with Gasteiger partial charge in [-0.3, -0.25) is 9.59 Å². The Morgan fingerprint density at radius 3 is 2.36 bits per heavy atom. The zero-order valence-corrected chi connectivity index (χ0v) is 24.3. The van der Waals surface area contributed by atoms with Crippen molar-refractivity contribution in [1.29, 1.82) is 0 Å². The predicted octanol–water partition coefficient (Wildman–Crippen LogP) is 5.65.